The summed E-state index contributed by atoms with van der Waals surface area (Å²) in [6.45, 7) is 1.96. The minimum absolute atomic E-state index is 0.593. The van der Waals surface area contributed by atoms with Gasteiger partial charge in [-0.15, -0.1) is 0 Å². The molecular formula is C22H15N5. The van der Waals surface area contributed by atoms with Crippen LogP contribution in [0.5, 0.6) is 0 Å². The Bertz CT molecular complexity index is 1400. The van der Waals surface area contributed by atoms with Gasteiger partial charge in [0.1, 0.15) is 12.1 Å². The zero-order valence-corrected chi connectivity index (χ0v) is 14.6. The van der Waals surface area contributed by atoms with Gasteiger partial charge in [-0.05, 0) is 51.4 Å². The van der Waals surface area contributed by atoms with Crippen LogP contribution < -0.4 is 5.32 Å². The van der Waals surface area contributed by atoms with E-state index in [9.17, 15) is 0 Å². The molecule has 5 nitrogen and oxygen atoms in total. The molecule has 0 atom stereocenters. The second-order valence-electron chi connectivity index (χ2n) is 6.89. The minimum atomic E-state index is 0.593. The van der Waals surface area contributed by atoms with Crippen LogP contribution in [0, 0.1) is 6.92 Å². The lowest BCUT2D eigenvalue weighted by molar-refractivity contribution is 0.937. The van der Waals surface area contributed by atoms with E-state index in [2.05, 4.69) is 75.0 Å². The second kappa shape index (κ2) is 5.14. The summed E-state index contributed by atoms with van der Waals surface area (Å²) in [6, 6.07) is 21.6. The van der Waals surface area contributed by atoms with Crippen LogP contribution in [0.2, 0.25) is 0 Å². The van der Waals surface area contributed by atoms with E-state index in [-0.39, 0.29) is 0 Å². The molecule has 0 spiro atoms. The Hall–Kier alpha value is -3.73. The van der Waals surface area contributed by atoms with Crippen LogP contribution >= 0.6 is 0 Å². The summed E-state index contributed by atoms with van der Waals surface area (Å²) in [5, 5.41) is 15.4. The number of fused-ring (bicyclic) bond motifs is 1. The molecule has 1 N–H and O–H groups in total. The third-order valence-corrected chi connectivity index (χ3v) is 5.12. The van der Waals surface area contributed by atoms with E-state index in [1.165, 1.54) is 38.6 Å². The van der Waals surface area contributed by atoms with Crippen LogP contribution in [0.1, 0.15) is 5.69 Å². The minimum Gasteiger partial charge on any atom is -0.340 e. The normalized spacial score (nSPS) is 11.9. The predicted octanol–water partition coefficient (Wildman–Crippen LogP) is 5.07. The first-order chi connectivity index (χ1) is 13.3. The highest BCUT2D eigenvalue weighted by Crippen LogP contribution is 2.36. The quantitative estimate of drug-likeness (QED) is 0.443. The van der Waals surface area contributed by atoms with Crippen molar-refractivity contribution in [2.75, 3.05) is 5.32 Å². The van der Waals surface area contributed by atoms with Crippen LogP contribution in [0.25, 0.3) is 38.1 Å². The number of nitrogens with zero attached hydrogens (tertiary/aromatic N) is 4. The molecule has 0 bridgehead atoms. The van der Waals surface area contributed by atoms with Crippen molar-refractivity contribution in [1.82, 2.24) is 19.6 Å². The molecular weight excluding hydrogens is 334 g/mol. The number of benzene rings is 4. The Morgan fingerprint density at radius 2 is 1.48 bits per heavy atom. The third-order valence-electron chi connectivity index (χ3n) is 5.12. The molecule has 128 valence electrons. The maximum atomic E-state index is 4.40. The smallest absolute Gasteiger partial charge is 0.254 e. The largest absolute Gasteiger partial charge is 0.340 e. The van der Waals surface area contributed by atoms with Gasteiger partial charge in [0.25, 0.3) is 5.78 Å². The highest BCUT2D eigenvalue weighted by Gasteiger charge is 2.11. The van der Waals surface area contributed by atoms with Crippen molar-refractivity contribution in [2.45, 2.75) is 6.92 Å². The summed E-state index contributed by atoms with van der Waals surface area (Å²) in [6.07, 6.45) is 1.52. The van der Waals surface area contributed by atoms with Crippen molar-refractivity contribution in [3.8, 4) is 0 Å². The molecule has 0 saturated heterocycles. The van der Waals surface area contributed by atoms with Gasteiger partial charge in [0.15, 0.2) is 0 Å². The first-order valence-electron chi connectivity index (χ1n) is 8.88. The molecule has 0 aliphatic carbocycles. The molecule has 0 aliphatic rings. The average Bonchev–Trinajstić information content (AvgIpc) is 3.14. The van der Waals surface area contributed by atoms with Gasteiger partial charge in [0.2, 0.25) is 0 Å². The molecule has 5 heteroatoms. The topological polar surface area (TPSA) is 55.1 Å². The Labute approximate surface area is 154 Å². The number of aromatic nitrogens is 4. The number of anilines is 2. The summed E-state index contributed by atoms with van der Waals surface area (Å²) in [7, 11) is 0. The number of nitrogens with one attached hydrogen (secondary N) is 1. The van der Waals surface area contributed by atoms with Gasteiger partial charge in [0.05, 0.1) is 0 Å². The van der Waals surface area contributed by atoms with Crippen LogP contribution in [0.4, 0.5) is 11.5 Å². The zero-order chi connectivity index (χ0) is 18.0. The Kier molecular flexibility index (Phi) is 2.75. The highest BCUT2D eigenvalue weighted by atomic mass is 15.3. The number of aryl methyl sites for hydroxylation is 1. The fourth-order valence-corrected chi connectivity index (χ4v) is 3.99. The lowest BCUT2D eigenvalue weighted by Crippen LogP contribution is -2.02. The van der Waals surface area contributed by atoms with Crippen molar-refractivity contribution < 1.29 is 0 Å². The van der Waals surface area contributed by atoms with E-state index in [0.29, 0.717) is 5.78 Å². The van der Waals surface area contributed by atoms with E-state index in [1.54, 1.807) is 4.52 Å². The highest BCUT2D eigenvalue weighted by molar-refractivity contribution is 6.23. The number of hydrogen-bond acceptors (Lipinski definition) is 4. The SMILES string of the molecule is Cc1cc(Nc2cc3ccc4cccc5ccc(c2)c3c45)n2ncnc2n1. The van der Waals surface area contributed by atoms with E-state index in [4.69, 9.17) is 0 Å². The zero-order valence-electron chi connectivity index (χ0n) is 14.6. The van der Waals surface area contributed by atoms with Crippen molar-refractivity contribution in [1.29, 1.82) is 0 Å². The average molecular weight is 349 g/mol. The monoisotopic (exact) mass is 349 g/mol. The van der Waals surface area contributed by atoms with Gasteiger partial charge in [-0.3, -0.25) is 0 Å². The molecule has 6 aromatic rings. The van der Waals surface area contributed by atoms with Gasteiger partial charge < -0.3 is 5.32 Å². The Morgan fingerprint density at radius 3 is 2.22 bits per heavy atom. The third kappa shape index (κ3) is 2.08. The molecule has 2 aromatic heterocycles. The van der Waals surface area contributed by atoms with E-state index in [1.807, 2.05) is 13.0 Å². The molecule has 6 rings (SSSR count). The van der Waals surface area contributed by atoms with Crippen LogP contribution in [-0.2, 0) is 0 Å². The predicted molar refractivity (Wildman–Crippen MR) is 109 cm³/mol. The molecule has 0 saturated carbocycles. The summed E-state index contributed by atoms with van der Waals surface area (Å²) < 4.78 is 1.72. The molecule has 2 heterocycles. The summed E-state index contributed by atoms with van der Waals surface area (Å²) in [5.74, 6) is 1.44. The first kappa shape index (κ1) is 14.4. The van der Waals surface area contributed by atoms with E-state index >= 15 is 0 Å². The number of hydrogen-bond donors (Lipinski definition) is 1. The fraction of sp³-hybridized carbons (Fsp3) is 0.0455. The molecule has 0 amide bonds. The lowest BCUT2D eigenvalue weighted by atomic mass is 9.94. The summed E-state index contributed by atoms with van der Waals surface area (Å²) in [4.78, 5) is 8.60. The van der Waals surface area contributed by atoms with Gasteiger partial charge >= 0.3 is 0 Å². The maximum absolute atomic E-state index is 4.40. The Balaban J connectivity index is 1.59. The summed E-state index contributed by atoms with van der Waals surface area (Å²) in [5.41, 5.74) is 1.92. The first-order valence-corrected chi connectivity index (χ1v) is 8.88. The molecule has 0 aliphatic heterocycles. The van der Waals surface area contributed by atoms with Gasteiger partial charge in [-0.1, -0.05) is 42.5 Å². The van der Waals surface area contributed by atoms with Crippen molar-refractivity contribution in [2.24, 2.45) is 0 Å². The summed E-state index contributed by atoms with van der Waals surface area (Å²) >= 11 is 0. The van der Waals surface area contributed by atoms with Gasteiger partial charge in [-0.25, -0.2) is 4.98 Å². The van der Waals surface area contributed by atoms with Crippen molar-refractivity contribution in [3.05, 3.63) is 72.7 Å². The van der Waals surface area contributed by atoms with Crippen molar-refractivity contribution >= 4 is 49.6 Å². The molecule has 27 heavy (non-hydrogen) atoms. The van der Waals surface area contributed by atoms with Crippen LogP contribution in [0.3, 0.4) is 0 Å². The molecule has 0 fully saturated rings. The van der Waals surface area contributed by atoms with Gasteiger partial charge in [-0.2, -0.15) is 14.6 Å². The van der Waals surface area contributed by atoms with Gasteiger partial charge in [0, 0.05) is 17.4 Å². The second-order valence-corrected chi connectivity index (χ2v) is 6.89. The molecule has 0 radical (unpaired) electrons. The standard InChI is InChI=1S/C22H15N5/c1-13-9-19(27-22(25-13)23-12-24-27)26-18-10-16-7-5-14-3-2-4-15-6-8-17(11-18)21(16)20(14)15/h2-12,26H,1H3. The van der Waals surface area contributed by atoms with E-state index in [0.717, 1.165) is 17.2 Å². The van der Waals surface area contributed by atoms with Crippen molar-refractivity contribution in [3.63, 3.8) is 0 Å². The van der Waals surface area contributed by atoms with Crippen LogP contribution in [0.15, 0.2) is 67.0 Å². The lowest BCUT2D eigenvalue weighted by Gasteiger charge is -2.14. The van der Waals surface area contributed by atoms with E-state index < -0.39 is 0 Å². The maximum Gasteiger partial charge on any atom is 0.254 e. The Morgan fingerprint density at radius 1 is 0.815 bits per heavy atom. The van der Waals surface area contributed by atoms with Crippen LogP contribution in [-0.4, -0.2) is 19.6 Å². The molecule has 4 aromatic carbocycles. The molecule has 0 unspecified atom stereocenters. The number of rotatable bonds is 2. The fourth-order valence-electron chi connectivity index (χ4n) is 3.99.